The number of nitrogens with zero attached hydrogens (tertiary/aromatic N) is 1. The van der Waals surface area contributed by atoms with E-state index in [1.165, 1.54) is 0 Å². The highest BCUT2D eigenvalue weighted by atomic mass is 79.9. The lowest BCUT2D eigenvalue weighted by molar-refractivity contribution is -0.138. The maximum Gasteiger partial charge on any atom is 0.251 e. The van der Waals surface area contributed by atoms with E-state index in [2.05, 4.69) is 21.2 Å². The molecule has 240 valence electrons. The van der Waals surface area contributed by atoms with E-state index in [0.717, 1.165) is 21.2 Å². The Balaban J connectivity index is 1.48. The Morgan fingerprint density at radius 2 is 1.65 bits per heavy atom. The summed E-state index contributed by atoms with van der Waals surface area (Å²) in [5.74, 6) is 0.570. The molecule has 4 aromatic rings. The van der Waals surface area contributed by atoms with Crippen LogP contribution in [-0.4, -0.2) is 62.5 Å². The van der Waals surface area contributed by atoms with Crippen molar-refractivity contribution in [1.82, 2.24) is 10.2 Å². The van der Waals surface area contributed by atoms with Crippen molar-refractivity contribution in [3.05, 3.63) is 130 Å². The van der Waals surface area contributed by atoms with Crippen LogP contribution in [0.15, 0.2) is 108 Å². The summed E-state index contributed by atoms with van der Waals surface area (Å²) < 4.78 is 23.5. The predicted molar refractivity (Wildman–Crippen MR) is 179 cm³/mol. The highest BCUT2D eigenvalue weighted by molar-refractivity contribution is 9.10. The van der Waals surface area contributed by atoms with Crippen LogP contribution in [0.1, 0.15) is 33.1 Å². The van der Waals surface area contributed by atoms with Crippen molar-refractivity contribution in [3.8, 4) is 11.5 Å². The Labute approximate surface area is 277 Å². The molecule has 1 aliphatic rings. The van der Waals surface area contributed by atoms with Gasteiger partial charge >= 0.3 is 0 Å². The standard InChI is InChI=1S/C36H38BrN3O6/c1-43-18-19-44-24-45-29-16-17-30-32(21-29)46-33(22-38)34(30)40(23-26-12-14-28(37)15-13-26)36(42)31(20-25-8-4-2-5-9-25)39-35(41)27-10-6-3-7-11-27/h2-17,21,31,33-34H,18-20,22-24,38H2,1H3,(H,39,41). The van der Waals surface area contributed by atoms with Gasteiger partial charge in [-0.2, -0.15) is 0 Å². The first-order chi connectivity index (χ1) is 22.5. The zero-order valence-corrected chi connectivity index (χ0v) is 27.2. The van der Waals surface area contributed by atoms with E-state index in [-0.39, 0.29) is 31.7 Å². The predicted octanol–water partition coefficient (Wildman–Crippen LogP) is 5.28. The number of fused-ring (bicyclic) bond motifs is 1. The van der Waals surface area contributed by atoms with Crippen molar-refractivity contribution in [1.29, 1.82) is 0 Å². The lowest BCUT2D eigenvalue weighted by Gasteiger charge is -2.35. The number of hydrogen-bond donors (Lipinski definition) is 2. The highest BCUT2D eigenvalue weighted by Gasteiger charge is 2.42. The van der Waals surface area contributed by atoms with Gasteiger partial charge < -0.3 is 34.9 Å². The third-order valence-electron chi connectivity index (χ3n) is 7.71. The quantitative estimate of drug-likeness (QED) is 0.129. The number of halogens is 1. The van der Waals surface area contributed by atoms with Gasteiger partial charge in [-0.1, -0.05) is 76.6 Å². The van der Waals surface area contributed by atoms with Crippen LogP contribution < -0.4 is 20.5 Å². The van der Waals surface area contributed by atoms with Gasteiger partial charge in [0.15, 0.2) is 6.79 Å². The Kier molecular flexibility index (Phi) is 11.8. The molecule has 0 aliphatic carbocycles. The van der Waals surface area contributed by atoms with Gasteiger partial charge in [-0.25, -0.2) is 0 Å². The molecule has 10 heteroatoms. The zero-order valence-electron chi connectivity index (χ0n) is 25.6. The van der Waals surface area contributed by atoms with Gasteiger partial charge in [-0.3, -0.25) is 9.59 Å². The van der Waals surface area contributed by atoms with Crippen molar-refractivity contribution < 1.29 is 28.5 Å². The minimum Gasteiger partial charge on any atom is -0.486 e. The number of rotatable bonds is 15. The number of benzene rings is 4. The maximum atomic E-state index is 14.8. The topological polar surface area (TPSA) is 112 Å². The number of amides is 2. The number of carbonyl (C=O) groups is 2. The van der Waals surface area contributed by atoms with Gasteiger partial charge in [0.25, 0.3) is 5.91 Å². The molecular formula is C36H38BrN3O6. The summed E-state index contributed by atoms with van der Waals surface area (Å²) in [4.78, 5) is 30.0. The van der Waals surface area contributed by atoms with Crippen LogP contribution in [0.25, 0.3) is 0 Å². The molecule has 9 nitrogen and oxygen atoms in total. The molecule has 0 fully saturated rings. The van der Waals surface area contributed by atoms with E-state index in [0.29, 0.717) is 36.7 Å². The van der Waals surface area contributed by atoms with Crippen LogP contribution in [0.2, 0.25) is 0 Å². The van der Waals surface area contributed by atoms with Gasteiger partial charge in [0.1, 0.15) is 23.6 Å². The molecule has 46 heavy (non-hydrogen) atoms. The summed E-state index contributed by atoms with van der Waals surface area (Å²) in [6.45, 7) is 1.37. The third-order valence-corrected chi connectivity index (χ3v) is 8.24. The van der Waals surface area contributed by atoms with E-state index >= 15 is 0 Å². The summed E-state index contributed by atoms with van der Waals surface area (Å²) in [6, 6.07) is 30.5. The SMILES string of the molecule is COCCOCOc1ccc2c(c1)OC(CN)C2N(Cc1ccc(Br)cc1)C(=O)C(Cc1ccccc1)NC(=O)c1ccccc1. The maximum absolute atomic E-state index is 14.8. The van der Waals surface area contributed by atoms with Crippen LogP contribution in [0.3, 0.4) is 0 Å². The average Bonchev–Trinajstić information content (AvgIpc) is 3.46. The fraction of sp³-hybridized carbons (Fsp3) is 0.278. The molecule has 0 saturated carbocycles. The number of nitrogens with one attached hydrogen (secondary N) is 1. The van der Waals surface area contributed by atoms with Crippen molar-refractivity contribution in [2.45, 2.75) is 31.2 Å². The molecule has 1 aliphatic heterocycles. The number of nitrogens with two attached hydrogens (primary N) is 1. The lowest BCUT2D eigenvalue weighted by atomic mass is 9.97. The number of ether oxygens (including phenoxy) is 4. The van der Waals surface area contributed by atoms with Gasteiger partial charge in [0, 0.05) is 48.3 Å². The first kappa shape index (κ1) is 33.2. The molecule has 3 N–H and O–H groups in total. The second-order valence-electron chi connectivity index (χ2n) is 10.9. The second-order valence-corrected chi connectivity index (χ2v) is 11.8. The Hall–Kier alpha value is -4.22. The Morgan fingerprint density at radius 1 is 0.935 bits per heavy atom. The van der Waals surface area contributed by atoms with Gasteiger partial charge in [0.05, 0.1) is 19.3 Å². The average molecular weight is 689 g/mol. The summed E-state index contributed by atoms with van der Waals surface area (Å²) in [7, 11) is 1.61. The highest BCUT2D eigenvalue weighted by Crippen LogP contribution is 2.43. The summed E-state index contributed by atoms with van der Waals surface area (Å²) in [5.41, 5.74) is 9.39. The van der Waals surface area contributed by atoms with Crippen LogP contribution in [-0.2, 0) is 27.2 Å². The molecular weight excluding hydrogens is 650 g/mol. The van der Waals surface area contributed by atoms with E-state index in [1.807, 2.05) is 72.8 Å². The van der Waals surface area contributed by atoms with Crippen LogP contribution in [0.5, 0.6) is 11.5 Å². The number of methoxy groups -OCH3 is 1. The van der Waals surface area contributed by atoms with E-state index in [1.54, 1.807) is 42.3 Å². The number of carbonyl (C=O) groups excluding carboxylic acids is 2. The monoisotopic (exact) mass is 687 g/mol. The molecule has 5 rings (SSSR count). The molecule has 0 bridgehead atoms. The van der Waals surface area contributed by atoms with E-state index in [4.69, 9.17) is 24.7 Å². The van der Waals surface area contributed by atoms with Crippen LogP contribution >= 0.6 is 15.9 Å². The lowest BCUT2D eigenvalue weighted by Crippen LogP contribution is -2.52. The zero-order chi connectivity index (χ0) is 32.3. The summed E-state index contributed by atoms with van der Waals surface area (Å²) >= 11 is 3.50. The largest absolute Gasteiger partial charge is 0.486 e. The van der Waals surface area contributed by atoms with Crippen molar-refractivity contribution in [3.63, 3.8) is 0 Å². The molecule has 3 unspecified atom stereocenters. The van der Waals surface area contributed by atoms with E-state index < -0.39 is 18.2 Å². The smallest absolute Gasteiger partial charge is 0.251 e. The van der Waals surface area contributed by atoms with Gasteiger partial charge in [-0.15, -0.1) is 0 Å². The Bertz CT molecular complexity index is 1570. The molecule has 0 radical (unpaired) electrons. The van der Waals surface area contributed by atoms with Crippen molar-refractivity contribution >= 4 is 27.7 Å². The molecule has 0 spiro atoms. The molecule has 2 amide bonds. The molecule has 0 aromatic heterocycles. The first-order valence-electron chi connectivity index (χ1n) is 15.1. The van der Waals surface area contributed by atoms with Gasteiger partial charge in [0.2, 0.25) is 5.91 Å². The third kappa shape index (κ3) is 8.52. The Morgan fingerprint density at radius 3 is 2.35 bits per heavy atom. The normalized spacial score (nSPS) is 15.8. The number of hydrogen-bond acceptors (Lipinski definition) is 7. The minimum atomic E-state index is -0.861. The fourth-order valence-corrected chi connectivity index (χ4v) is 5.68. The van der Waals surface area contributed by atoms with Crippen molar-refractivity contribution in [2.24, 2.45) is 5.73 Å². The second kappa shape index (κ2) is 16.4. The fourth-order valence-electron chi connectivity index (χ4n) is 5.42. The molecule has 3 atom stereocenters. The minimum absolute atomic E-state index is 0.0579. The molecule has 0 saturated heterocycles. The van der Waals surface area contributed by atoms with Crippen LogP contribution in [0, 0.1) is 0 Å². The van der Waals surface area contributed by atoms with Crippen molar-refractivity contribution in [2.75, 3.05) is 33.7 Å². The summed E-state index contributed by atoms with van der Waals surface area (Å²) in [5, 5.41) is 3.03. The molecule has 1 heterocycles. The molecule has 4 aromatic carbocycles. The first-order valence-corrected chi connectivity index (χ1v) is 15.9. The van der Waals surface area contributed by atoms with E-state index in [9.17, 15) is 9.59 Å². The van der Waals surface area contributed by atoms with Gasteiger partial charge in [-0.05, 0) is 47.5 Å². The van der Waals surface area contributed by atoms with Crippen LogP contribution in [0.4, 0.5) is 0 Å². The summed E-state index contributed by atoms with van der Waals surface area (Å²) in [6.07, 6.45) is -0.219.